The molecule has 1 N–H and O–H groups in total. The van der Waals surface area contributed by atoms with Crippen LogP contribution < -0.4 is 0 Å². The number of rotatable bonds is 9. The van der Waals surface area contributed by atoms with E-state index in [2.05, 4.69) is 10.3 Å². The standard InChI is InChI=1S/C24H32FN5O5S/c1-36(34,35)30-13-8-17(9-14-30)22-16-29(27-26-22)11-4-2-3-5-23(31)28-12-10-18-19(24(32)33)6-7-21(25)20(18)15-28/h6-7,16-17H,2-5,8-15H2,1H3,(H,32,33). The molecule has 0 radical (unpaired) electrons. The average molecular weight is 522 g/mol. The summed E-state index contributed by atoms with van der Waals surface area (Å²) in [6.07, 6.45) is 7.69. The summed E-state index contributed by atoms with van der Waals surface area (Å²) >= 11 is 0. The van der Waals surface area contributed by atoms with Crippen LogP contribution in [-0.2, 0) is 34.3 Å². The second-order valence-corrected chi connectivity index (χ2v) is 11.6. The quantitative estimate of drug-likeness (QED) is 0.502. The Kier molecular flexibility index (Phi) is 8.04. The van der Waals surface area contributed by atoms with E-state index in [1.807, 2.05) is 6.20 Å². The molecule has 2 aromatic rings. The maximum absolute atomic E-state index is 14.3. The van der Waals surface area contributed by atoms with Crippen LogP contribution in [0.15, 0.2) is 18.3 Å². The van der Waals surface area contributed by atoms with Gasteiger partial charge in [-0.15, -0.1) is 5.10 Å². The molecule has 0 saturated carbocycles. The number of hydrogen-bond acceptors (Lipinski definition) is 6. The summed E-state index contributed by atoms with van der Waals surface area (Å²) in [7, 11) is -3.15. The fourth-order valence-corrected chi connectivity index (χ4v) is 5.90. The van der Waals surface area contributed by atoms with Gasteiger partial charge < -0.3 is 10.0 Å². The summed E-state index contributed by atoms with van der Waals surface area (Å²) in [6.45, 7) is 2.18. The van der Waals surface area contributed by atoms with Crippen LogP contribution in [0.3, 0.4) is 0 Å². The number of piperidine rings is 1. The van der Waals surface area contributed by atoms with Crippen LogP contribution in [0.1, 0.15) is 71.6 Å². The van der Waals surface area contributed by atoms with Crippen molar-refractivity contribution in [3.63, 3.8) is 0 Å². The fraction of sp³-hybridized carbons (Fsp3) is 0.583. The molecule has 12 heteroatoms. The van der Waals surface area contributed by atoms with Gasteiger partial charge in [-0.25, -0.2) is 21.9 Å². The van der Waals surface area contributed by atoms with Gasteiger partial charge in [0.25, 0.3) is 0 Å². The Hall–Kier alpha value is -2.86. The Bertz CT molecular complexity index is 1220. The summed E-state index contributed by atoms with van der Waals surface area (Å²) in [5.41, 5.74) is 1.79. The van der Waals surface area contributed by atoms with Crippen molar-refractivity contribution in [3.05, 3.63) is 46.5 Å². The maximum Gasteiger partial charge on any atom is 0.335 e. The fourth-order valence-electron chi connectivity index (χ4n) is 5.03. The lowest BCUT2D eigenvalue weighted by Gasteiger charge is -2.30. The van der Waals surface area contributed by atoms with E-state index in [9.17, 15) is 27.5 Å². The Labute approximate surface area is 210 Å². The van der Waals surface area contributed by atoms with E-state index in [0.717, 1.165) is 37.4 Å². The third kappa shape index (κ3) is 6.09. The summed E-state index contributed by atoms with van der Waals surface area (Å²) in [4.78, 5) is 25.7. The van der Waals surface area contributed by atoms with E-state index >= 15 is 0 Å². The lowest BCUT2D eigenvalue weighted by molar-refractivity contribution is -0.132. The summed E-state index contributed by atoms with van der Waals surface area (Å²) < 4.78 is 40.9. The minimum absolute atomic E-state index is 0.0516. The van der Waals surface area contributed by atoms with Crippen molar-refractivity contribution in [2.24, 2.45) is 0 Å². The molecular formula is C24H32FN5O5S. The Balaban J connectivity index is 1.18. The van der Waals surface area contributed by atoms with Crippen LogP contribution in [0.4, 0.5) is 4.39 Å². The molecule has 0 unspecified atom stereocenters. The van der Waals surface area contributed by atoms with Crippen LogP contribution in [-0.4, -0.2) is 75.5 Å². The molecule has 0 atom stereocenters. The number of carboxylic acid groups (broad SMARTS) is 1. The van der Waals surface area contributed by atoms with Crippen molar-refractivity contribution in [1.82, 2.24) is 24.2 Å². The van der Waals surface area contributed by atoms with Crippen LogP contribution in [0, 0.1) is 5.82 Å². The average Bonchev–Trinajstić information content (AvgIpc) is 3.32. The molecule has 2 aliphatic rings. The third-order valence-electron chi connectivity index (χ3n) is 7.11. The minimum atomic E-state index is -3.15. The monoisotopic (exact) mass is 521 g/mol. The zero-order valence-corrected chi connectivity index (χ0v) is 21.2. The molecular weight excluding hydrogens is 489 g/mol. The lowest BCUT2D eigenvalue weighted by atomic mass is 9.93. The van der Waals surface area contributed by atoms with E-state index in [-0.39, 0.29) is 23.9 Å². The first-order valence-corrected chi connectivity index (χ1v) is 14.1. The number of fused-ring (bicyclic) bond motifs is 1. The maximum atomic E-state index is 14.3. The number of nitrogens with zero attached hydrogens (tertiary/aromatic N) is 5. The summed E-state index contributed by atoms with van der Waals surface area (Å²) in [5, 5.41) is 17.8. The van der Waals surface area contributed by atoms with Gasteiger partial charge >= 0.3 is 5.97 Å². The number of aromatic carboxylic acids is 1. The summed E-state index contributed by atoms with van der Waals surface area (Å²) in [6, 6.07) is 2.44. The van der Waals surface area contributed by atoms with Gasteiger partial charge in [-0.1, -0.05) is 11.6 Å². The molecule has 36 heavy (non-hydrogen) atoms. The number of halogens is 1. The topological polar surface area (TPSA) is 126 Å². The number of unbranched alkanes of at least 4 members (excludes halogenated alkanes) is 2. The highest BCUT2D eigenvalue weighted by Gasteiger charge is 2.28. The highest BCUT2D eigenvalue weighted by Crippen LogP contribution is 2.28. The number of carbonyl (C=O) groups excluding carboxylic acids is 1. The largest absolute Gasteiger partial charge is 0.478 e. The number of amides is 1. The van der Waals surface area contributed by atoms with Crippen molar-refractivity contribution in [3.8, 4) is 0 Å². The third-order valence-corrected chi connectivity index (χ3v) is 8.42. The molecule has 0 aliphatic carbocycles. The molecule has 10 nitrogen and oxygen atoms in total. The second kappa shape index (κ2) is 11.0. The molecule has 1 amide bonds. The molecule has 0 bridgehead atoms. The predicted octanol–water partition coefficient (Wildman–Crippen LogP) is 2.40. The predicted molar refractivity (Wildman–Crippen MR) is 129 cm³/mol. The molecule has 1 aromatic heterocycles. The van der Waals surface area contributed by atoms with Crippen LogP contribution in [0.5, 0.6) is 0 Å². The number of sulfonamides is 1. The van der Waals surface area contributed by atoms with Gasteiger partial charge in [-0.05, 0) is 49.8 Å². The highest BCUT2D eigenvalue weighted by atomic mass is 32.2. The Morgan fingerprint density at radius 2 is 1.86 bits per heavy atom. The van der Waals surface area contributed by atoms with Crippen LogP contribution in [0.2, 0.25) is 0 Å². The highest BCUT2D eigenvalue weighted by molar-refractivity contribution is 7.88. The van der Waals surface area contributed by atoms with E-state index in [1.165, 1.54) is 16.6 Å². The van der Waals surface area contributed by atoms with Gasteiger partial charge in [0.15, 0.2) is 0 Å². The number of aryl methyl sites for hydroxylation is 1. The van der Waals surface area contributed by atoms with E-state index in [4.69, 9.17) is 0 Å². The van der Waals surface area contributed by atoms with Gasteiger partial charge in [-0.2, -0.15) is 0 Å². The van der Waals surface area contributed by atoms with Gasteiger partial charge in [0, 0.05) is 56.8 Å². The molecule has 196 valence electrons. The lowest BCUT2D eigenvalue weighted by Crippen LogP contribution is -2.37. The summed E-state index contributed by atoms with van der Waals surface area (Å²) in [5.74, 6) is -1.40. The molecule has 4 rings (SSSR count). The Morgan fingerprint density at radius 3 is 2.56 bits per heavy atom. The van der Waals surface area contributed by atoms with E-state index < -0.39 is 21.8 Å². The van der Waals surface area contributed by atoms with Crippen molar-refractivity contribution < 1.29 is 27.5 Å². The number of carboxylic acids is 1. The van der Waals surface area contributed by atoms with Crippen molar-refractivity contribution >= 4 is 21.9 Å². The smallest absolute Gasteiger partial charge is 0.335 e. The van der Waals surface area contributed by atoms with Gasteiger partial charge in [0.2, 0.25) is 15.9 Å². The molecule has 0 spiro atoms. The van der Waals surface area contributed by atoms with Crippen LogP contribution in [0.25, 0.3) is 0 Å². The van der Waals surface area contributed by atoms with Gasteiger partial charge in [0.1, 0.15) is 5.82 Å². The van der Waals surface area contributed by atoms with Gasteiger partial charge in [-0.3, -0.25) is 9.48 Å². The molecule has 1 fully saturated rings. The zero-order valence-electron chi connectivity index (χ0n) is 20.4. The zero-order chi connectivity index (χ0) is 25.9. The second-order valence-electron chi connectivity index (χ2n) is 9.58. The normalized spacial score (nSPS) is 17.2. The first kappa shape index (κ1) is 26.2. The number of carbonyl (C=O) groups is 2. The van der Waals surface area contributed by atoms with Crippen molar-refractivity contribution in [1.29, 1.82) is 0 Å². The molecule has 1 saturated heterocycles. The Morgan fingerprint density at radius 1 is 1.11 bits per heavy atom. The van der Waals surface area contributed by atoms with Crippen molar-refractivity contribution in [2.75, 3.05) is 25.9 Å². The SMILES string of the molecule is CS(=O)(=O)N1CCC(c2cn(CCCCCC(=O)N3CCc4c(C(=O)O)ccc(F)c4C3)nn2)CC1. The molecule has 2 aliphatic heterocycles. The number of benzene rings is 1. The first-order chi connectivity index (χ1) is 17.1. The van der Waals surface area contributed by atoms with Crippen molar-refractivity contribution in [2.45, 2.75) is 64.0 Å². The number of hydrogen-bond donors (Lipinski definition) is 1. The molecule has 3 heterocycles. The van der Waals surface area contributed by atoms with E-state index in [1.54, 1.807) is 9.58 Å². The first-order valence-electron chi connectivity index (χ1n) is 12.3. The minimum Gasteiger partial charge on any atom is -0.478 e. The number of aromatic nitrogens is 3. The van der Waals surface area contributed by atoms with E-state index in [0.29, 0.717) is 56.6 Å². The van der Waals surface area contributed by atoms with Crippen LogP contribution >= 0.6 is 0 Å². The molecule has 1 aromatic carbocycles. The van der Waals surface area contributed by atoms with Gasteiger partial charge in [0.05, 0.1) is 17.5 Å².